The van der Waals surface area contributed by atoms with Crippen LogP contribution in [0.4, 0.5) is 0 Å². The zero-order valence-electron chi connectivity index (χ0n) is 11.6. The van der Waals surface area contributed by atoms with Gasteiger partial charge in [-0.05, 0) is 12.5 Å². The second-order valence-electron chi connectivity index (χ2n) is 4.43. The molecule has 19 heavy (non-hydrogen) atoms. The second-order valence-corrected chi connectivity index (χ2v) is 5.43. The molecule has 0 aromatic carbocycles. The lowest BCUT2D eigenvalue weighted by Crippen LogP contribution is -2.25. The Kier molecular flexibility index (Phi) is 7.24. The van der Waals surface area contributed by atoms with Gasteiger partial charge in [-0.25, -0.2) is 0 Å². The van der Waals surface area contributed by atoms with Gasteiger partial charge >= 0.3 is 0 Å². The van der Waals surface area contributed by atoms with Crippen LogP contribution in [0.15, 0.2) is 11.4 Å². The molecule has 104 valence electrons. The number of unbranched alkanes of at least 4 members (excludes halogenated alkanes) is 1. The van der Waals surface area contributed by atoms with Crippen LogP contribution in [-0.2, 0) is 11.3 Å². The van der Waals surface area contributed by atoms with E-state index in [0.717, 1.165) is 23.3 Å². The Bertz CT molecular complexity index is 456. The molecule has 1 heterocycles. The number of hydrogen-bond donors (Lipinski definition) is 1. The van der Waals surface area contributed by atoms with Crippen LogP contribution >= 0.6 is 11.3 Å². The van der Waals surface area contributed by atoms with E-state index in [0.29, 0.717) is 19.4 Å². The average Bonchev–Trinajstić information content (AvgIpc) is 2.83. The molecule has 0 radical (unpaired) electrons. The number of aliphatic hydroxyl groups excluding tert-OH is 1. The quantitative estimate of drug-likeness (QED) is 0.813. The van der Waals surface area contributed by atoms with E-state index in [2.05, 4.69) is 18.8 Å². The summed E-state index contributed by atoms with van der Waals surface area (Å²) in [5, 5.41) is 10.6. The van der Waals surface area contributed by atoms with Gasteiger partial charge in [0.15, 0.2) is 0 Å². The first-order chi connectivity index (χ1) is 9.17. The summed E-state index contributed by atoms with van der Waals surface area (Å²) in [4.78, 5) is 14.7. The summed E-state index contributed by atoms with van der Waals surface area (Å²) in [5.74, 6) is 6.09. The number of hydrogen-bond acceptors (Lipinski definition) is 3. The van der Waals surface area contributed by atoms with E-state index in [4.69, 9.17) is 5.11 Å². The number of rotatable bonds is 6. The molecule has 0 aliphatic carbocycles. The molecule has 1 rings (SSSR count). The van der Waals surface area contributed by atoms with Gasteiger partial charge in [0.2, 0.25) is 5.91 Å². The highest BCUT2D eigenvalue weighted by Crippen LogP contribution is 2.16. The van der Waals surface area contributed by atoms with Crippen LogP contribution in [0.5, 0.6) is 0 Å². The summed E-state index contributed by atoms with van der Waals surface area (Å²) in [6, 6.07) is 2.01. The van der Waals surface area contributed by atoms with Gasteiger partial charge in [0.1, 0.15) is 0 Å². The highest BCUT2D eigenvalue weighted by Gasteiger charge is 2.09. The number of thiophene rings is 1. The minimum absolute atomic E-state index is 0.0959. The summed E-state index contributed by atoms with van der Waals surface area (Å²) in [7, 11) is 1.84. The number of aliphatic hydroxyl groups is 1. The molecule has 0 spiro atoms. The topological polar surface area (TPSA) is 40.5 Å². The minimum atomic E-state index is 0.0959. The molecule has 0 atom stereocenters. The smallest absolute Gasteiger partial charge is 0.222 e. The molecule has 0 saturated heterocycles. The SMILES string of the molecule is CCCCC(=O)N(C)Cc1cc(C#CCCO)cs1. The van der Waals surface area contributed by atoms with Crippen LogP contribution in [0.2, 0.25) is 0 Å². The normalized spacial score (nSPS) is 9.84. The number of carbonyl (C=O) groups excluding carboxylic acids is 1. The molecular formula is C15H21NO2S. The van der Waals surface area contributed by atoms with Crippen molar-refractivity contribution in [3.63, 3.8) is 0 Å². The van der Waals surface area contributed by atoms with Crippen molar-refractivity contribution >= 4 is 17.2 Å². The summed E-state index contributed by atoms with van der Waals surface area (Å²) < 4.78 is 0. The second kappa shape index (κ2) is 8.73. The maximum Gasteiger partial charge on any atom is 0.222 e. The third kappa shape index (κ3) is 5.91. The van der Waals surface area contributed by atoms with Crippen LogP contribution in [-0.4, -0.2) is 29.6 Å². The van der Waals surface area contributed by atoms with Crippen molar-refractivity contribution in [2.45, 2.75) is 39.2 Å². The van der Waals surface area contributed by atoms with Gasteiger partial charge in [-0.2, -0.15) is 0 Å². The number of carbonyl (C=O) groups is 1. The Hall–Kier alpha value is -1.31. The van der Waals surface area contributed by atoms with Crippen molar-refractivity contribution in [3.8, 4) is 11.8 Å². The Balaban J connectivity index is 2.49. The van der Waals surface area contributed by atoms with Gasteiger partial charge in [-0.15, -0.1) is 11.3 Å². The third-order valence-electron chi connectivity index (χ3n) is 2.69. The molecule has 3 nitrogen and oxygen atoms in total. The molecule has 0 unspecified atom stereocenters. The average molecular weight is 279 g/mol. The molecular weight excluding hydrogens is 258 g/mol. The van der Waals surface area contributed by atoms with Crippen LogP contribution in [0.1, 0.15) is 43.0 Å². The van der Waals surface area contributed by atoms with Crippen LogP contribution in [0.25, 0.3) is 0 Å². The van der Waals surface area contributed by atoms with E-state index in [-0.39, 0.29) is 12.5 Å². The lowest BCUT2D eigenvalue weighted by atomic mass is 10.2. The van der Waals surface area contributed by atoms with E-state index in [9.17, 15) is 4.79 Å². The largest absolute Gasteiger partial charge is 0.395 e. The Morgan fingerprint density at radius 1 is 1.53 bits per heavy atom. The number of amides is 1. The van der Waals surface area contributed by atoms with Gasteiger partial charge in [0.25, 0.3) is 0 Å². The predicted octanol–water partition coefficient (Wildman–Crippen LogP) is 2.63. The number of nitrogens with zero attached hydrogens (tertiary/aromatic N) is 1. The Labute approximate surface area is 119 Å². The molecule has 1 N–H and O–H groups in total. The van der Waals surface area contributed by atoms with Gasteiger partial charge in [-0.1, -0.05) is 25.2 Å². The molecule has 4 heteroatoms. The Morgan fingerprint density at radius 2 is 2.32 bits per heavy atom. The lowest BCUT2D eigenvalue weighted by molar-refractivity contribution is -0.130. The van der Waals surface area contributed by atoms with Crippen LogP contribution in [0.3, 0.4) is 0 Å². The maximum absolute atomic E-state index is 11.8. The van der Waals surface area contributed by atoms with Crippen LogP contribution in [0, 0.1) is 11.8 Å². The first kappa shape index (κ1) is 15.7. The molecule has 0 bridgehead atoms. The van der Waals surface area contributed by atoms with Crippen molar-refractivity contribution < 1.29 is 9.90 Å². The monoisotopic (exact) mass is 279 g/mol. The summed E-state index contributed by atoms with van der Waals surface area (Å²) >= 11 is 1.62. The molecule has 1 aromatic heterocycles. The fourth-order valence-electron chi connectivity index (χ4n) is 1.59. The summed E-state index contributed by atoms with van der Waals surface area (Å²) in [5.41, 5.74) is 0.961. The van der Waals surface area contributed by atoms with Gasteiger partial charge < -0.3 is 10.0 Å². The predicted molar refractivity (Wildman–Crippen MR) is 78.9 cm³/mol. The van der Waals surface area contributed by atoms with Gasteiger partial charge in [0, 0.05) is 35.7 Å². The van der Waals surface area contributed by atoms with E-state index >= 15 is 0 Å². The highest BCUT2D eigenvalue weighted by atomic mass is 32.1. The van der Waals surface area contributed by atoms with Crippen LogP contribution < -0.4 is 0 Å². The standard InChI is InChI=1S/C15H21NO2S/c1-3-4-8-15(18)16(2)11-14-10-13(12-19-14)7-5-6-9-17/h10,12,17H,3-4,6,8-9,11H2,1-2H3. The van der Waals surface area contributed by atoms with Crippen molar-refractivity contribution in [2.24, 2.45) is 0 Å². The molecule has 0 saturated carbocycles. The zero-order chi connectivity index (χ0) is 14.1. The molecule has 0 fully saturated rings. The van der Waals surface area contributed by atoms with Crippen molar-refractivity contribution in [3.05, 3.63) is 21.9 Å². The lowest BCUT2D eigenvalue weighted by Gasteiger charge is -2.15. The molecule has 0 aliphatic rings. The fraction of sp³-hybridized carbons (Fsp3) is 0.533. The van der Waals surface area contributed by atoms with Crippen molar-refractivity contribution in [1.82, 2.24) is 4.90 Å². The zero-order valence-corrected chi connectivity index (χ0v) is 12.4. The molecule has 0 aliphatic heterocycles. The van der Waals surface area contributed by atoms with Crippen molar-refractivity contribution in [2.75, 3.05) is 13.7 Å². The third-order valence-corrected chi connectivity index (χ3v) is 3.61. The first-order valence-electron chi connectivity index (χ1n) is 6.58. The maximum atomic E-state index is 11.8. The Morgan fingerprint density at radius 3 is 3.00 bits per heavy atom. The van der Waals surface area contributed by atoms with Gasteiger partial charge in [0.05, 0.1) is 13.2 Å². The van der Waals surface area contributed by atoms with Crippen molar-refractivity contribution in [1.29, 1.82) is 0 Å². The van der Waals surface area contributed by atoms with E-state index in [1.54, 1.807) is 16.2 Å². The first-order valence-corrected chi connectivity index (χ1v) is 7.46. The molecule has 1 aromatic rings. The summed E-state index contributed by atoms with van der Waals surface area (Å²) in [6.07, 6.45) is 3.12. The van der Waals surface area contributed by atoms with E-state index in [1.807, 2.05) is 18.5 Å². The van der Waals surface area contributed by atoms with E-state index in [1.165, 1.54) is 0 Å². The van der Waals surface area contributed by atoms with E-state index < -0.39 is 0 Å². The fourth-order valence-corrected chi connectivity index (χ4v) is 2.46. The molecule has 1 amide bonds. The summed E-state index contributed by atoms with van der Waals surface area (Å²) in [6.45, 7) is 2.83. The minimum Gasteiger partial charge on any atom is -0.395 e. The van der Waals surface area contributed by atoms with Gasteiger partial charge in [-0.3, -0.25) is 4.79 Å². The highest BCUT2D eigenvalue weighted by molar-refractivity contribution is 7.10.